The van der Waals surface area contributed by atoms with E-state index in [1.807, 2.05) is 0 Å². The van der Waals surface area contributed by atoms with Crippen molar-refractivity contribution in [3.63, 3.8) is 0 Å². The van der Waals surface area contributed by atoms with Crippen molar-refractivity contribution in [3.05, 3.63) is 48.3 Å². The second-order valence-corrected chi connectivity index (χ2v) is 5.94. The number of nitrogens with zero attached hydrogens (tertiary/aromatic N) is 2. The number of anilines is 1. The summed E-state index contributed by atoms with van der Waals surface area (Å²) in [5.74, 6) is 1.95. The summed E-state index contributed by atoms with van der Waals surface area (Å²) in [6.45, 7) is 2.23. The van der Waals surface area contributed by atoms with Crippen LogP contribution >= 0.6 is 0 Å². The van der Waals surface area contributed by atoms with Crippen LogP contribution in [-0.4, -0.2) is 9.55 Å². The van der Waals surface area contributed by atoms with Gasteiger partial charge in [-0.2, -0.15) is 0 Å². The molecule has 1 unspecified atom stereocenters. The van der Waals surface area contributed by atoms with Crippen molar-refractivity contribution in [2.75, 3.05) is 5.73 Å². The molecule has 1 aromatic heterocycles. The topological polar surface area (TPSA) is 43.8 Å². The van der Waals surface area contributed by atoms with Crippen molar-refractivity contribution >= 4 is 16.6 Å². The molecule has 1 atom stereocenters. The molecule has 0 aliphatic carbocycles. The fraction of sp³-hybridized carbons (Fsp3) is 0.278. The molecule has 2 N–H and O–H groups in total. The highest BCUT2D eigenvalue weighted by Gasteiger charge is 2.23. The molecule has 4 rings (SSSR count). The Hall–Kier alpha value is -2.29. The number of nitrogen functional groups attached to an aromatic ring is 1. The van der Waals surface area contributed by atoms with E-state index in [0.29, 0.717) is 6.04 Å². The van der Waals surface area contributed by atoms with Gasteiger partial charge in [0.05, 0.1) is 0 Å². The van der Waals surface area contributed by atoms with E-state index in [1.54, 1.807) is 0 Å². The van der Waals surface area contributed by atoms with Crippen LogP contribution in [0.2, 0.25) is 0 Å². The third kappa shape index (κ3) is 1.92. The van der Waals surface area contributed by atoms with Crippen LogP contribution in [0.3, 0.4) is 0 Å². The van der Waals surface area contributed by atoms with Crippen LogP contribution in [0.1, 0.15) is 31.6 Å². The number of fused-ring (bicyclic) bond motifs is 2. The van der Waals surface area contributed by atoms with E-state index >= 15 is 0 Å². The number of hydrogen-bond acceptors (Lipinski definition) is 2. The first-order chi connectivity index (χ1) is 10.2. The van der Waals surface area contributed by atoms with Gasteiger partial charge in [0.25, 0.3) is 0 Å². The van der Waals surface area contributed by atoms with Gasteiger partial charge in [-0.15, -0.1) is 0 Å². The smallest absolute Gasteiger partial charge is 0.131 e. The van der Waals surface area contributed by atoms with Gasteiger partial charge in [-0.25, -0.2) is 4.98 Å². The first kappa shape index (κ1) is 12.5. The summed E-state index contributed by atoms with van der Waals surface area (Å²) < 4.78 is 2.22. The van der Waals surface area contributed by atoms with E-state index in [-0.39, 0.29) is 0 Å². The summed E-state index contributed by atoms with van der Waals surface area (Å²) in [6, 6.07) is 15.3. The maximum atomic E-state index is 6.39. The van der Waals surface area contributed by atoms with Gasteiger partial charge >= 0.3 is 0 Å². The van der Waals surface area contributed by atoms with Gasteiger partial charge < -0.3 is 10.3 Å². The summed E-state index contributed by atoms with van der Waals surface area (Å²) in [5, 5.41) is 2.48. The molecule has 1 aliphatic rings. The molecule has 3 heteroatoms. The van der Waals surface area contributed by atoms with E-state index in [4.69, 9.17) is 10.7 Å². The second kappa shape index (κ2) is 4.62. The Morgan fingerprint density at radius 3 is 2.76 bits per heavy atom. The molecule has 0 radical (unpaired) electrons. The quantitative estimate of drug-likeness (QED) is 0.725. The lowest BCUT2D eigenvalue weighted by Gasteiger charge is -2.22. The van der Waals surface area contributed by atoms with Gasteiger partial charge in [0.15, 0.2) is 0 Å². The van der Waals surface area contributed by atoms with E-state index in [0.717, 1.165) is 29.3 Å². The zero-order valence-electron chi connectivity index (χ0n) is 12.2. The molecule has 2 aromatic carbocycles. The predicted molar refractivity (Wildman–Crippen MR) is 87.2 cm³/mol. The molecule has 0 bridgehead atoms. The minimum atomic E-state index is 0.454. The molecular formula is C18H19N3. The van der Waals surface area contributed by atoms with Gasteiger partial charge in [0, 0.05) is 18.0 Å². The fourth-order valence-corrected chi connectivity index (χ4v) is 3.40. The molecule has 21 heavy (non-hydrogen) atoms. The molecule has 1 aliphatic heterocycles. The van der Waals surface area contributed by atoms with Gasteiger partial charge in [-0.05, 0) is 36.6 Å². The Labute approximate surface area is 124 Å². The highest BCUT2D eigenvalue weighted by molar-refractivity contribution is 5.88. The van der Waals surface area contributed by atoms with Crippen LogP contribution in [0.15, 0.2) is 42.5 Å². The van der Waals surface area contributed by atoms with E-state index in [9.17, 15) is 0 Å². The average Bonchev–Trinajstić information content (AvgIpc) is 2.85. The summed E-state index contributed by atoms with van der Waals surface area (Å²) in [6.07, 6.45) is 3.42. The fourth-order valence-electron chi connectivity index (χ4n) is 3.40. The van der Waals surface area contributed by atoms with Crippen molar-refractivity contribution < 1.29 is 0 Å². The second-order valence-electron chi connectivity index (χ2n) is 5.94. The molecule has 0 saturated carbocycles. The third-order valence-corrected chi connectivity index (χ3v) is 4.51. The lowest BCUT2D eigenvalue weighted by atomic mass is 10.0. The standard InChI is InChI=1S/C18H19N3/c1-12-5-4-8-16-20-17(18(19)21(12)16)15-10-9-13-6-2-3-7-14(13)11-15/h2-3,6-7,9-12H,4-5,8,19H2,1H3. The summed E-state index contributed by atoms with van der Waals surface area (Å²) in [5.41, 5.74) is 8.44. The largest absolute Gasteiger partial charge is 0.383 e. The van der Waals surface area contributed by atoms with Crippen molar-refractivity contribution in [3.8, 4) is 11.3 Å². The maximum Gasteiger partial charge on any atom is 0.131 e. The highest BCUT2D eigenvalue weighted by atomic mass is 15.2. The highest BCUT2D eigenvalue weighted by Crippen LogP contribution is 2.35. The van der Waals surface area contributed by atoms with Crippen molar-refractivity contribution in [2.24, 2.45) is 0 Å². The minimum Gasteiger partial charge on any atom is -0.383 e. The number of rotatable bonds is 1. The van der Waals surface area contributed by atoms with E-state index < -0.39 is 0 Å². The number of aryl methyl sites for hydroxylation is 1. The normalized spacial score (nSPS) is 17.9. The van der Waals surface area contributed by atoms with Crippen LogP contribution in [0.25, 0.3) is 22.0 Å². The summed E-state index contributed by atoms with van der Waals surface area (Å²) in [4.78, 5) is 4.82. The molecular weight excluding hydrogens is 258 g/mol. The molecule has 3 nitrogen and oxygen atoms in total. The molecule has 2 heterocycles. The van der Waals surface area contributed by atoms with Gasteiger partial charge in [0.2, 0.25) is 0 Å². The average molecular weight is 277 g/mol. The SMILES string of the molecule is CC1CCCc2nc(-c3ccc4ccccc4c3)c(N)n21. The van der Waals surface area contributed by atoms with Gasteiger partial charge in [-0.3, -0.25) is 0 Å². The predicted octanol–water partition coefficient (Wildman–Crippen LogP) is 4.18. The Balaban J connectivity index is 1.89. The van der Waals surface area contributed by atoms with Gasteiger partial charge in [0.1, 0.15) is 17.3 Å². The minimum absolute atomic E-state index is 0.454. The first-order valence-corrected chi connectivity index (χ1v) is 7.60. The third-order valence-electron chi connectivity index (χ3n) is 4.51. The first-order valence-electron chi connectivity index (χ1n) is 7.60. The lowest BCUT2D eigenvalue weighted by Crippen LogP contribution is -2.16. The Bertz CT molecular complexity index is 816. The van der Waals surface area contributed by atoms with Crippen LogP contribution in [-0.2, 0) is 6.42 Å². The number of hydrogen-bond donors (Lipinski definition) is 1. The zero-order valence-corrected chi connectivity index (χ0v) is 12.2. The summed E-state index contributed by atoms with van der Waals surface area (Å²) >= 11 is 0. The lowest BCUT2D eigenvalue weighted by molar-refractivity contribution is 0.430. The van der Waals surface area contributed by atoms with Crippen molar-refractivity contribution in [2.45, 2.75) is 32.2 Å². The molecule has 0 saturated heterocycles. The Kier molecular flexibility index (Phi) is 2.74. The molecule has 0 amide bonds. The maximum absolute atomic E-state index is 6.39. The van der Waals surface area contributed by atoms with Crippen molar-refractivity contribution in [1.29, 1.82) is 0 Å². The van der Waals surface area contributed by atoms with Crippen LogP contribution in [0.4, 0.5) is 5.82 Å². The number of aromatic nitrogens is 2. The Morgan fingerprint density at radius 2 is 1.95 bits per heavy atom. The van der Waals surface area contributed by atoms with Crippen LogP contribution < -0.4 is 5.73 Å². The number of nitrogens with two attached hydrogens (primary N) is 1. The molecule has 106 valence electrons. The molecule has 3 aromatic rings. The molecule has 0 fully saturated rings. The van der Waals surface area contributed by atoms with Crippen LogP contribution in [0.5, 0.6) is 0 Å². The Morgan fingerprint density at radius 1 is 1.14 bits per heavy atom. The number of imidazole rings is 1. The summed E-state index contributed by atoms with van der Waals surface area (Å²) in [7, 11) is 0. The zero-order chi connectivity index (χ0) is 14.4. The monoisotopic (exact) mass is 277 g/mol. The van der Waals surface area contributed by atoms with E-state index in [2.05, 4.69) is 54.0 Å². The number of benzene rings is 2. The van der Waals surface area contributed by atoms with Crippen LogP contribution in [0, 0.1) is 0 Å². The van der Waals surface area contributed by atoms with Gasteiger partial charge in [-0.1, -0.05) is 36.4 Å². The van der Waals surface area contributed by atoms with E-state index in [1.165, 1.54) is 23.6 Å². The molecule has 0 spiro atoms. The van der Waals surface area contributed by atoms with Crippen molar-refractivity contribution in [1.82, 2.24) is 9.55 Å².